The van der Waals surface area contributed by atoms with E-state index in [0.717, 1.165) is 36.5 Å². The third-order valence-electron chi connectivity index (χ3n) is 3.91. The number of nitrogens with one attached hydrogen (secondary N) is 2. The van der Waals surface area contributed by atoms with Crippen molar-refractivity contribution in [1.82, 2.24) is 9.97 Å². The van der Waals surface area contributed by atoms with E-state index in [1.165, 1.54) is 5.56 Å². The molecule has 0 aliphatic rings. The molecule has 25 heavy (non-hydrogen) atoms. The van der Waals surface area contributed by atoms with Crippen LogP contribution in [0.25, 0.3) is 11.0 Å². The molecule has 5 heteroatoms. The molecule has 1 aromatic heterocycles. The Hall–Kier alpha value is -2.69. The normalized spacial score (nSPS) is 11.6. The van der Waals surface area contributed by atoms with Gasteiger partial charge in [0.2, 0.25) is 11.9 Å². The Balaban J connectivity index is 1.73. The first-order valence-electron chi connectivity index (χ1n) is 8.26. The molecule has 0 radical (unpaired) electrons. The van der Waals surface area contributed by atoms with Crippen molar-refractivity contribution >= 4 is 22.7 Å². The Morgan fingerprint density at radius 2 is 1.88 bits per heavy atom. The molecule has 0 aliphatic carbocycles. The molecule has 0 saturated heterocycles. The summed E-state index contributed by atoms with van der Waals surface area (Å²) in [6.45, 7) is 4.67. The van der Waals surface area contributed by atoms with E-state index in [0.29, 0.717) is 11.5 Å². The summed E-state index contributed by atoms with van der Waals surface area (Å²) in [4.78, 5) is 7.75. The summed E-state index contributed by atoms with van der Waals surface area (Å²) in [6.07, 6.45) is 3.53. The molecule has 3 nitrogen and oxygen atoms in total. The van der Waals surface area contributed by atoms with Gasteiger partial charge in [-0.1, -0.05) is 24.3 Å². The van der Waals surface area contributed by atoms with Crippen LogP contribution in [0.1, 0.15) is 24.5 Å². The second kappa shape index (κ2) is 7.05. The standard InChI is InChI=1S/C20H21F2N3/c1-3-4-5-14-8-11-17-18(12-14)25-19(24-17)23-16-9-6-15(7-10-16)13-20(2,21)22/h3,6-12H,1,4-5,13H2,2H3,(H2,23,24,25). The van der Waals surface area contributed by atoms with Crippen LogP contribution in [0.15, 0.2) is 55.1 Å². The first-order valence-corrected chi connectivity index (χ1v) is 8.26. The van der Waals surface area contributed by atoms with Gasteiger partial charge in [-0.3, -0.25) is 0 Å². The van der Waals surface area contributed by atoms with Crippen LogP contribution < -0.4 is 5.32 Å². The zero-order chi connectivity index (χ0) is 17.9. The van der Waals surface area contributed by atoms with Crippen LogP contribution in [-0.4, -0.2) is 15.9 Å². The predicted molar refractivity (Wildman–Crippen MR) is 98.7 cm³/mol. The van der Waals surface area contributed by atoms with Gasteiger partial charge in [0, 0.05) is 12.1 Å². The molecule has 0 fully saturated rings. The average molecular weight is 341 g/mol. The van der Waals surface area contributed by atoms with Crippen LogP contribution in [0.4, 0.5) is 20.4 Å². The Bertz CT molecular complexity index is 861. The summed E-state index contributed by atoms with van der Waals surface area (Å²) in [6, 6.07) is 13.1. The summed E-state index contributed by atoms with van der Waals surface area (Å²) in [5.74, 6) is -2.07. The molecule has 0 bridgehead atoms. The van der Waals surface area contributed by atoms with Gasteiger partial charge in [0.05, 0.1) is 11.0 Å². The molecule has 2 N–H and O–H groups in total. The van der Waals surface area contributed by atoms with Crippen LogP contribution >= 0.6 is 0 Å². The molecule has 1 heterocycles. The van der Waals surface area contributed by atoms with Gasteiger partial charge in [0.15, 0.2) is 0 Å². The number of hydrogen-bond acceptors (Lipinski definition) is 2. The van der Waals surface area contributed by atoms with Gasteiger partial charge in [-0.25, -0.2) is 13.8 Å². The van der Waals surface area contributed by atoms with E-state index in [2.05, 4.69) is 34.0 Å². The van der Waals surface area contributed by atoms with Gasteiger partial charge in [0.1, 0.15) is 0 Å². The van der Waals surface area contributed by atoms with Crippen LogP contribution in [0.2, 0.25) is 0 Å². The quantitative estimate of drug-likeness (QED) is 0.547. The Morgan fingerprint density at radius 1 is 1.16 bits per heavy atom. The van der Waals surface area contributed by atoms with E-state index in [1.807, 2.05) is 12.1 Å². The van der Waals surface area contributed by atoms with Crippen molar-refractivity contribution in [3.05, 3.63) is 66.2 Å². The summed E-state index contributed by atoms with van der Waals surface area (Å²) >= 11 is 0. The molecule has 0 unspecified atom stereocenters. The second-order valence-corrected chi connectivity index (χ2v) is 6.33. The molecule has 3 aromatic rings. The minimum absolute atomic E-state index is 0.259. The number of aromatic amines is 1. The smallest absolute Gasteiger partial charge is 0.249 e. The highest BCUT2D eigenvalue weighted by Gasteiger charge is 2.21. The lowest BCUT2D eigenvalue weighted by molar-refractivity contribution is 0.0226. The van der Waals surface area contributed by atoms with Crippen LogP contribution in [0, 0.1) is 0 Å². The summed E-state index contributed by atoms with van der Waals surface area (Å²) < 4.78 is 26.1. The van der Waals surface area contributed by atoms with Crippen molar-refractivity contribution in [2.24, 2.45) is 0 Å². The molecule has 0 atom stereocenters. The molecule has 130 valence electrons. The number of fused-ring (bicyclic) bond motifs is 1. The number of benzene rings is 2. The second-order valence-electron chi connectivity index (χ2n) is 6.33. The van der Waals surface area contributed by atoms with Crippen molar-refractivity contribution in [2.45, 2.75) is 32.1 Å². The Kier molecular flexibility index (Phi) is 4.83. The van der Waals surface area contributed by atoms with Crippen molar-refractivity contribution in [1.29, 1.82) is 0 Å². The number of allylic oxidation sites excluding steroid dienone is 1. The van der Waals surface area contributed by atoms with Gasteiger partial charge in [-0.15, -0.1) is 6.58 Å². The van der Waals surface area contributed by atoms with Gasteiger partial charge >= 0.3 is 0 Å². The van der Waals surface area contributed by atoms with Crippen molar-refractivity contribution in [2.75, 3.05) is 5.32 Å². The number of aryl methyl sites for hydroxylation is 1. The predicted octanol–water partition coefficient (Wildman–Crippen LogP) is 5.62. The number of nitrogens with zero attached hydrogens (tertiary/aromatic N) is 1. The first kappa shape index (κ1) is 17.1. The maximum atomic E-state index is 13.0. The number of H-pyrrole nitrogens is 1. The van der Waals surface area contributed by atoms with Crippen LogP contribution in [0.5, 0.6) is 0 Å². The van der Waals surface area contributed by atoms with Gasteiger partial charge < -0.3 is 10.3 Å². The van der Waals surface area contributed by atoms with E-state index in [9.17, 15) is 8.78 Å². The molecule has 0 spiro atoms. The fourth-order valence-electron chi connectivity index (χ4n) is 2.74. The largest absolute Gasteiger partial charge is 0.326 e. The minimum Gasteiger partial charge on any atom is -0.326 e. The highest BCUT2D eigenvalue weighted by atomic mass is 19.3. The van der Waals surface area contributed by atoms with Crippen molar-refractivity contribution < 1.29 is 8.78 Å². The van der Waals surface area contributed by atoms with Crippen LogP contribution in [-0.2, 0) is 12.8 Å². The molecule has 0 aliphatic heterocycles. The fraction of sp³-hybridized carbons (Fsp3) is 0.250. The molecule has 3 rings (SSSR count). The number of halogens is 2. The van der Waals surface area contributed by atoms with E-state index >= 15 is 0 Å². The minimum atomic E-state index is -2.70. The fourth-order valence-corrected chi connectivity index (χ4v) is 2.74. The maximum Gasteiger partial charge on any atom is 0.249 e. The third-order valence-corrected chi connectivity index (χ3v) is 3.91. The van der Waals surface area contributed by atoms with Gasteiger partial charge in [-0.2, -0.15) is 0 Å². The SMILES string of the molecule is C=CCCc1ccc2nc(Nc3ccc(CC(C)(F)F)cc3)[nH]c2c1. The lowest BCUT2D eigenvalue weighted by atomic mass is 10.1. The summed E-state index contributed by atoms with van der Waals surface area (Å²) in [5, 5.41) is 3.18. The zero-order valence-corrected chi connectivity index (χ0v) is 14.2. The van der Waals surface area contributed by atoms with E-state index in [4.69, 9.17) is 0 Å². The molecular weight excluding hydrogens is 320 g/mol. The highest BCUT2D eigenvalue weighted by molar-refractivity contribution is 5.79. The highest BCUT2D eigenvalue weighted by Crippen LogP contribution is 2.23. The third kappa shape index (κ3) is 4.66. The summed E-state index contributed by atoms with van der Waals surface area (Å²) in [5.41, 5.74) is 4.48. The average Bonchev–Trinajstić information content (AvgIpc) is 2.95. The van der Waals surface area contributed by atoms with E-state index in [-0.39, 0.29) is 6.42 Å². The molecular formula is C20H21F2N3. The maximum absolute atomic E-state index is 13.0. The molecule has 0 saturated carbocycles. The van der Waals surface area contributed by atoms with Gasteiger partial charge in [-0.05, 0) is 55.2 Å². The topological polar surface area (TPSA) is 40.7 Å². The first-order chi connectivity index (χ1) is 11.9. The monoisotopic (exact) mass is 341 g/mol. The lowest BCUT2D eigenvalue weighted by Crippen LogP contribution is -2.13. The van der Waals surface area contributed by atoms with Crippen molar-refractivity contribution in [3.8, 4) is 0 Å². The number of hydrogen-bond donors (Lipinski definition) is 2. The number of aromatic nitrogens is 2. The van der Waals surface area contributed by atoms with E-state index in [1.54, 1.807) is 24.3 Å². The van der Waals surface area contributed by atoms with Crippen LogP contribution in [0.3, 0.4) is 0 Å². The summed E-state index contributed by atoms with van der Waals surface area (Å²) in [7, 11) is 0. The number of alkyl halides is 2. The number of anilines is 2. The number of rotatable bonds is 7. The van der Waals surface area contributed by atoms with Crippen molar-refractivity contribution in [3.63, 3.8) is 0 Å². The molecule has 0 amide bonds. The lowest BCUT2D eigenvalue weighted by Gasteiger charge is -2.10. The van der Waals surface area contributed by atoms with Gasteiger partial charge in [0.25, 0.3) is 0 Å². The van der Waals surface area contributed by atoms with E-state index < -0.39 is 5.92 Å². The molecule has 2 aromatic carbocycles. The Labute approximate surface area is 145 Å². The number of imidazole rings is 1. The zero-order valence-electron chi connectivity index (χ0n) is 14.2. The Morgan fingerprint density at radius 3 is 2.56 bits per heavy atom.